The minimum absolute atomic E-state index is 0.0308. The Bertz CT molecular complexity index is 492. The molecular weight excluding hydrogens is 238 g/mol. The summed E-state index contributed by atoms with van der Waals surface area (Å²) in [6, 6.07) is 10.9. The third-order valence-electron chi connectivity index (χ3n) is 4.00. The minimum atomic E-state index is 0.0308. The zero-order chi connectivity index (χ0) is 13.2. The van der Waals surface area contributed by atoms with E-state index in [1.807, 2.05) is 18.2 Å². The largest absolute Gasteiger partial charge is 0.374 e. The van der Waals surface area contributed by atoms with Gasteiger partial charge in [0.15, 0.2) is 0 Å². The van der Waals surface area contributed by atoms with E-state index in [1.54, 1.807) is 0 Å². The van der Waals surface area contributed by atoms with Gasteiger partial charge in [-0.15, -0.1) is 0 Å². The second-order valence-electron chi connectivity index (χ2n) is 5.30. The van der Waals surface area contributed by atoms with Crippen molar-refractivity contribution in [3.8, 4) is 6.07 Å². The summed E-state index contributed by atoms with van der Waals surface area (Å²) in [6.07, 6.45) is 2.57. The van der Waals surface area contributed by atoms with E-state index < -0.39 is 0 Å². The van der Waals surface area contributed by atoms with Crippen molar-refractivity contribution in [2.24, 2.45) is 5.73 Å². The summed E-state index contributed by atoms with van der Waals surface area (Å²) in [5.74, 6) is 0. The van der Waals surface area contributed by atoms with E-state index in [1.165, 1.54) is 12.8 Å². The lowest BCUT2D eigenvalue weighted by molar-refractivity contribution is -0.0712. The molecule has 0 aromatic heterocycles. The van der Waals surface area contributed by atoms with Crippen LogP contribution in [0.3, 0.4) is 0 Å². The molecule has 0 bridgehead atoms. The number of nitrogens with two attached hydrogens (primary N) is 1. The summed E-state index contributed by atoms with van der Waals surface area (Å²) in [4.78, 5) is 2.51. The van der Waals surface area contributed by atoms with Crippen LogP contribution < -0.4 is 5.73 Å². The second kappa shape index (κ2) is 5.30. The fourth-order valence-corrected chi connectivity index (χ4v) is 2.96. The van der Waals surface area contributed by atoms with Crippen LogP contribution in [0.2, 0.25) is 0 Å². The SMILES string of the molecule is N#Cc1cccc(C2C(CN)OCCN2C2CC2)c1. The summed E-state index contributed by atoms with van der Waals surface area (Å²) >= 11 is 0. The third kappa shape index (κ3) is 2.50. The fraction of sp³-hybridized carbons (Fsp3) is 0.533. The first-order chi connectivity index (χ1) is 9.33. The standard InChI is InChI=1S/C15H19N3O/c16-9-11-2-1-3-12(8-11)15-14(10-17)19-7-6-18(15)13-4-5-13/h1-3,8,13-15H,4-7,10,17H2. The van der Waals surface area contributed by atoms with Gasteiger partial charge in [0.25, 0.3) is 0 Å². The lowest BCUT2D eigenvalue weighted by Gasteiger charge is -2.41. The van der Waals surface area contributed by atoms with Gasteiger partial charge < -0.3 is 10.5 Å². The van der Waals surface area contributed by atoms with Gasteiger partial charge in [0.05, 0.1) is 30.4 Å². The van der Waals surface area contributed by atoms with E-state index in [4.69, 9.17) is 15.7 Å². The quantitative estimate of drug-likeness (QED) is 0.889. The van der Waals surface area contributed by atoms with Gasteiger partial charge in [-0.05, 0) is 30.5 Å². The van der Waals surface area contributed by atoms with Gasteiger partial charge in [0.1, 0.15) is 0 Å². The fourth-order valence-electron chi connectivity index (χ4n) is 2.96. The monoisotopic (exact) mass is 257 g/mol. The Hall–Kier alpha value is -1.41. The Kier molecular flexibility index (Phi) is 3.52. The number of nitriles is 1. The lowest BCUT2D eigenvalue weighted by Crippen LogP contribution is -2.49. The molecule has 1 saturated carbocycles. The van der Waals surface area contributed by atoms with Crippen LogP contribution in [-0.2, 0) is 4.74 Å². The predicted molar refractivity (Wildman–Crippen MR) is 72.4 cm³/mol. The van der Waals surface area contributed by atoms with Crippen LogP contribution in [0, 0.1) is 11.3 Å². The van der Waals surface area contributed by atoms with Crippen LogP contribution in [0.15, 0.2) is 24.3 Å². The van der Waals surface area contributed by atoms with Gasteiger partial charge >= 0.3 is 0 Å². The molecule has 2 unspecified atom stereocenters. The minimum Gasteiger partial charge on any atom is -0.374 e. The molecule has 1 aromatic rings. The summed E-state index contributed by atoms with van der Waals surface area (Å²) in [6.45, 7) is 2.24. The molecule has 3 rings (SSSR count). The van der Waals surface area contributed by atoms with E-state index in [2.05, 4.69) is 17.0 Å². The number of hydrogen-bond acceptors (Lipinski definition) is 4. The number of rotatable bonds is 3. The first kappa shape index (κ1) is 12.6. The smallest absolute Gasteiger partial charge is 0.0991 e. The third-order valence-corrected chi connectivity index (χ3v) is 4.00. The van der Waals surface area contributed by atoms with Gasteiger partial charge in [0, 0.05) is 19.1 Å². The van der Waals surface area contributed by atoms with Crippen LogP contribution in [0.1, 0.15) is 30.0 Å². The van der Waals surface area contributed by atoms with Crippen LogP contribution in [0.4, 0.5) is 0 Å². The molecule has 4 nitrogen and oxygen atoms in total. The average Bonchev–Trinajstić information content (AvgIpc) is 3.31. The van der Waals surface area contributed by atoms with Crippen LogP contribution in [0.25, 0.3) is 0 Å². The Morgan fingerprint density at radius 3 is 2.95 bits per heavy atom. The number of hydrogen-bond donors (Lipinski definition) is 1. The molecule has 1 heterocycles. The van der Waals surface area contributed by atoms with E-state index in [9.17, 15) is 0 Å². The molecule has 0 amide bonds. The molecule has 4 heteroatoms. The predicted octanol–water partition coefficient (Wildman–Crippen LogP) is 1.42. The van der Waals surface area contributed by atoms with E-state index in [-0.39, 0.29) is 12.1 Å². The normalized spacial score (nSPS) is 28.0. The highest BCUT2D eigenvalue weighted by atomic mass is 16.5. The summed E-state index contributed by atoms with van der Waals surface area (Å²) in [5.41, 5.74) is 7.72. The summed E-state index contributed by atoms with van der Waals surface area (Å²) in [7, 11) is 0. The van der Waals surface area contributed by atoms with Crippen molar-refractivity contribution in [1.29, 1.82) is 5.26 Å². The first-order valence-electron chi connectivity index (χ1n) is 6.91. The topological polar surface area (TPSA) is 62.3 Å². The summed E-state index contributed by atoms with van der Waals surface area (Å²) < 4.78 is 5.83. The van der Waals surface area contributed by atoms with Gasteiger partial charge in [-0.2, -0.15) is 5.26 Å². The average molecular weight is 257 g/mol. The molecule has 100 valence electrons. The van der Waals surface area contributed by atoms with Gasteiger partial charge in [-0.3, -0.25) is 4.90 Å². The van der Waals surface area contributed by atoms with Crippen LogP contribution >= 0.6 is 0 Å². The maximum Gasteiger partial charge on any atom is 0.0991 e. The Morgan fingerprint density at radius 1 is 1.42 bits per heavy atom. The van der Waals surface area contributed by atoms with Crippen molar-refractivity contribution in [3.63, 3.8) is 0 Å². The molecule has 19 heavy (non-hydrogen) atoms. The second-order valence-corrected chi connectivity index (χ2v) is 5.30. The van der Waals surface area contributed by atoms with Crippen LogP contribution in [-0.4, -0.2) is 36.7 Å². The molecule has 2 aliphatic rings. The Balaban J connectivity index is 1.93. The molecule has 1 aromatic carbocycles. The molecule has 1 saturated heterocycles. The molecule has 0 spiro atoms. The molecule has 1 aliphatic carbocycles. The first-order valence-corrected chi connectivity index (χ1v) is 6.91. The molecule has 0 radical (unpaired) electrons. The lowest BCUT2D eigenvalue weighted by atomic mass is 9.96. The number of benzene rings is 1. The molecule has 2 fully saturated rings. The van der Waals surface area contributed by atoms with Crippen molar-refractivity contribution in [2.45, 2.75) is 31.0 Å². The Labute approximate surface area is 113 Å². The van der Waals surface area contributed by atoms with Gasteiger partial charge in [-0.1, -0.05) is 12.1 Å². The van der Waals surface area contributed by atoms with Crippen molar-refractivity contribution < 1.29 is 4.74 Å². The zero-order valence-electron chi connectivity index (χ0n) is 11.0. The number of morpholine rings is 1. The number of nitrogens with zero attached hydrogens (tertiary/aromatic N) is 2. The van der Waals surface area contributed by atoms with Crippen molar-refractivity contribution in [1.82, 2.24) is 4.90 Å². The van der Waals surface area contributed by atoms with Gasteiger partial charge in [-0.25, -0.2) is 0 Å². The highest BCUT2D eigenvalue weighted by Crippen LogP contribution is 2.38. The van der Waals surface area contributed by atoms with Crippen molar-refractivity contribution in [2.75, 3.05) is 19.7 Å². The summed E-state index contributed by atoms with van der Waals surface area (Å²) in [5, 5.41) is 9.05. The molecule has 1 aliphatic heterocycles. The molecule has 2 N–H and O–H groups in total. The maximum absolute atomic E-state index is 9.05. The maximum atomic E-state index is 9.05. The van der Waals surface area contributed by atoms with E-state index in [0.29, 0.717) is 18.2 Å². The number of ether oxygens (including phenoxy) is 1. The zero-order valence-corrected chi connectivity index (χ0v) is 11.0. The highest BCUT2D eigenvalue weighted by molar-refractivity contribution is 5.35. The van der Waals surface area contributed by atoms with Gasteiger partial charge in [0.2, 0.25) is 0 Å². The molecule has 2 atom stereocenters. The Morgan fingerprint density at radius 2 is 2.26 bits per heavy atom. The van der Waals surface area contributed by atoms with Crippen molar-refractivity contribution >= 4 is 0 Å². The van der Waals surface area contributed by atoms with E-state index in [0.717, 1.165) is 18.7 Å². The van der Waals surface area contributed by atoms with Crippen LogP contribution in [0.5, 0.6) is 0 Å². The van der Waals surface area contributed by atoms with Crippen molar-refractivity contribution in [3.05, 3.63) is 35.4 Å². The highest BCUT2D eigenvalue weighted by Gasteiger charge is 2.40. The molecular formula is C15H19N3O. The van der Waals surface area contributed by atoms with E-state index >= 15 is 0 Å².